The number of nitrogens with zero attached hydrogens (tertiary/aromatic N) is 4. The van der Waals surface area contributed by atoms with Crippen LogP contribution in [-0.2, 0) is 14.8 Å². The van der Waals surface area contributed by atoms with E-state index in [1.807, 2.05) is 30.3 Å². The van der Waals surface area contributed by atoms with E-state index < -0.39 is 15.9 Å². The minimum Gasteiger partial charge on any atom is -0.360 e. The quantitative estimate of drug-likeness (QED) is 0.525. The second-order valence-electron chi connectivity index (χ2n) is 7.93. The number of sulfonamides is 1. The summed E-state index contributed by atoms with van der Waals surface area (Å²) in [5, 5.41) is 15.0. The molecule has 1 amide bonds. The summed E-state index contributed by atoms with van der Waals surface area (Å²) < 4.78 is 32.6. The van der Waals surface area contributed by atoms with Gasteiger partial charge in [-0.25, -0.2) is 8.42 Å². The number of anilines is 1. The second-order valence-corrected chi connectivity index (χ2v) is 9.80. The van der Waals surface area contributed by atoms with Crippen molar-refractivity contribution in [3.63, 3.8) is 0 Å². The Hall–Kier alpha value is -3.37. The van der Waals surface area contributed by atoms with Gasteiger partial charge in [0.05, 0.1) is 17.3 Å². The molecule has 1 fully saturated rings. The summed E-state index contributed by atoms with van der Waals surface area (Å²) in [7, 11) is -3.78. The topological polar surface area (TPSA) is 117 Å². The monoisotopic (exact) mass is 467 g/mol. The standard InChI is InChI=1S/C23H25N5O4S/c1-16-22(17(2)32-27-16)33(30,31)28-14-6-7-18(15-28)23(29)24-19-10-12-21(13-11-19)26-25-20-8-4-3-5-9-20/h3-5,8-13,18H,6-7,14-15H2,1-2H3,(H,24,29). The van der Waals surface area contributed by atoms with Crippen LogP contribution in [0.4, 0.5) is 17.1 Å². The molecule has 1 atom stereocenters. The van der Waals surface area contributed by atoms with Crippen LogP contribution in [0.5, 0.6) is 0 Å². The summed E-state index contributed by atoms with van der Waals surface area (Å²) in [6, 6.07) is 16.4. The molecule has 9 nitrogen and oxygen atoms in total. The molecule has 10 heteroatoms. The number of hydrogen-bond donors (Lipinski definition) is 1. The van der Waals surface area contributed by atoms with Gasteiger partial charge in [0.15, 0.2) is 5.76 Å². The van der Waals surface area contributed by atoms with Crippen LogP contribution in [0.25, 0.3) is 0 Å². The fraction of sp³-hybridized carbons (Fsp3) is 0.304. The van der Waals surface area contributed by atoms with Gasteiger partial charge >= 0.3 is 0 Å². The number of hydrogen-bond acceptors (Lipinski definition) is 7. The van der Waals surface area contributed by atoms with Gasteiger partial charge in [0, 0.05) is 18.8 Å². The van der Waals surface area contributed by atoms with Gasteiger partial charge in [-0.15, -0.1) is 0 Å². The predicted octanol–water partition coefficient (Wildman–Crippen LogP) is 4.75. The zero-order valence-corrected chi connectivity index (χ0v) is 19.2. The molecule has 1 N–H and O–H groups in total. The number of benzene rings is 2. The highest BCUT2D eigenvalue weighted by molar-refractivity contribution is 7.89. The van der Waals surface area contributed by atoms with Crippen LogP contribution in [0.3, 0.4) is 0 Å². The summed E-state index contributed by atoms with van der Waals surface area (Å²) in [6.45, 7) is 3.64. The number of carbonyl (C=O) groups is 1. The summed E-state index contributed by atoms with van der Waals surface area (Å²) in [6.07, 6.45) is 1.21. The van der Waals surface area contributed by atoms with Gasteiger partial charge in [0.1, 0.15) is 10.6 Å². The lowest BCUT2D eigenvalue weighted by atomic mass is 9.98. The third-order valence-electron chi connectivity index (χ3n) is 5.49. The number of aromatic nitrogens is 1. The molecule has 1 aliphatic rings. The van der Waals surface area contributed by atoms with Gasteiger partial charge in [0.2, 0.25) is 15.9 Å². The van der Waals surface area contributed by atoms with E-state index in [1.165, 1.54) is 4.31 Å². The average Bonchev–Trinajstić information content (AvgIpc) is 3.18. The number of rotatable bonds is 6. The Balaban J connectivity index is 1.40. The molecular formula is C23H25N5O4S. The largest absolute Gasteiger partial charge is 0.360 e. The Labute approximate surface area is 192 Å². The highest BCUT2D eigenvalue weighted by Gasteiger charge is 2.36. The summed E-state index contributed by atoms with van der Waals surface area (Å²) >= 11 is 0. The summed E-state index contributed by atoms with van der Waals surface area (Å²) in [5.74, 6) is -0.414. The molecular weight excluding hydrogens is 442 g/mol. The number of piperidine rings is 1. The first-order valence-corrected chi connectivity index (χ1v) is 12.1. The van der Waals surface area contributed by atoms with Crippen molar-refractivity contribution in [3.05, 3.63) is 66.1 Å². The van der Waals surface area contributed by atoms with E-state index in [2.05, 4.69) is 20.7 Å². The molecule has 0 bridgehead atoms. The van der Waals surface area contributed by atoms with Crippen LogP contribution in [-0.4, -0.2) is 36.9 Å². The SMILES string of the molecule is Cc1noc(C)c1S(=O)(=O)N1CCCC(C(=O)Nc2ccc(N=Nc3ccccc3)cc2)C1. The molecule has 172 valence electrons. The smallest absolute Gasteiger partial charge is 0.248 e. The molecule has 1 saturated heterocycles. The van der Waals surface area contributed by atoms with E-state index in [4.69, 9.17) is 4.52 Å². The fourth-order valence-electron chi connectivity index (χ4n) is 3.81. The van der Waals surface area contributed by atoms with Crippen LogP contribution >= 0.6 is 0 Å². The Bertz CT molecular complexity index is 1230. The van der Waals surface area contributed by atoms with Gasteiger partial charge in [-0.1, -0.05) is 23.4 Å². The molecule has 0 radical (unpaired) electrons. The van der Waals surface area contributed by atoms with Crippen LogP contribution in [0.2, 0.25) is 0 Å². The van der Waals surface area contributed by atoms with Crippen molar-refractivity contribution < 1.29 is 17.7 Å². The molecule has 0 saturated carbocycles. The number of amides is 1. The van der Waals surface area contributed by atoms with Gasteiger partial charge in [-0.3, -0.25) is 4.79 Å². The van der Waals surface area contributed by atoms with E-state index in [1.54, 1.807) is 38.1 Å². The Morgan fingerprint density at radius 1 is 1.06 bits per heavy atom. The molecule has 3 aromatic rings. The number of carbonyl (C=O) groups excluding carboxylic acids is 1. The molecule has 1 aromatic heterocycles. The number of aryl methyl sites for hydroxylation is 2. The molecule has 2 aromatic carbocycles. The molecule has 2 heterocycles. The maximum atomic E-state index is 13.1. The Morgan fingerprint density at radius 2 is 1.73 bits per heavy atom. The molecule has 0 aliphatic carbocycles. The van der Waals surface area contributed by atoms with Crippen LogP contribution < -0.4 is 5.32 Å². The first kappa shape index (κ1) is 22.8. The summed E-state index contributed by atoms with van der Waals surface area (Å²) in [4.78, 5) is 12.9. The van der Waals surface area contributed by atoms with Crippen molar-refractivity contribution in [2.75, 3.05) is 18.4 Å². The Kier molecular flexibility index (Phi) is 6.66. The first-order chi connectivity index (χ1) is 15.8. The molecule has 1 aliphatic heterocycles. The second kappa shape index (κ2) is 9.63. The molecule has 33 heavy (non-hydrogen) atoms. The minimum atomic E-state index is -3.78. The maximum absolute atomic E-state index is 13.1. The molecule has 1 unspecified atom stereocenters. The van der Waals surface area contributed by atoms with Crippen LogP contribution in [0, 0.1) is 19.8 Å². The molecule has 0 spiro atoms. The third kappa shape index (κ3) is 5.18. The normalized spacial score (nSPS) is 17.3. The van der Waals surface area contributed by atoms with Crippen LogP contribution in [0.1, 0.15) is 24.3 Å². The van der Waals surface area contributed by atoms with E-state index in [-0.39, 0.29) is 23.1 Å². The fourth-order valence-corrected chi connectivity index (χ4v) is 5.63. The highest BCUT2D eigenvalue weighted by Crippen LogP contribution is 2.28. The van der Waals surface area contributed by atoms with Gasteiger partial charge < -0.3 is 9.84 Å². The zero-order chi connectivity index (χ0) is 23.4. The van der Waals surface area contributed by atoms with Gasteiger partial charge in [-0.2, -0.15) is 14.5 Å². The first-order valence-electron chi connectivity index (χ1n) is 10.7. The van der Waals surface area contributed by atoms with Gasteiger partial charge in [-0.05, 0) is 63.1 Å². The van der Waals surface area contributed by atoms with Gasteiger partial charge in [0.25, 0.3) is 0 Å². The van der Waals surface area contributed by atoms with E-state index in [0.717, 1.165) is 5.69 Å². The van der Waals surface area contributed by atoms with Crippen molar-refractivity contribution in [1.29, 1.82) is 0 Å². The minimum absolute atomic E-state index is 0.0869. The number of azo groups is 1. The lowest BCUT2D eigenvalue weighted by molar-refractivity contribution is -0.120. The van der Waals surface area contributed by atoms with E-state index in [9.17, 15) is 13.2 Å². The van der Waals surface area contributed by atoms with Crippen molar-refractivity contribution >= 4 is 33.0 Å². The van der Waals surface area contributed by atoms with Crippen LogP contribution in [0.15, 0.2) is 74.2 Å². The lowest BCUT2D eigenvalue weighted by Crippen LogP contribution is -2.43. The Morgan fingerprint density at radius 3 is 2.36 bits per heavy atom. The zero-order valence-electron chi connectivity index (χ0n) is 18.4. The van der Waals surface area contributed by atoms with E-state index >= 15 is 0 Å². The van der Waals surface area contributed by atoms with Crippen molar-refractivity contribution in [2.45, 2.75) is 31.6 Å². The lowest BCUT2D eigenvalue weighted by Gasteiger charge is -2.31. The predicted molar refractivity (Wildman–Crippen MR) is 123 cm³/mol. The van der Waals surface area contributed by atoms with E-state index in [0.29, 0.717) is 36.5 Å². The molecule has 4 rings (SSSR count). The average molecular weight is 468 g/mol. The van der Waals surface area contributed by atoms with Crippen molar-refractivity contribution in [2.24, 2.45) is 16.1 Å². The van der Waals surface area contributed by atoms with Crippen molar-refractivity contribution in [1.82, 2.24) is 9.46 Å². The number of nitrogens with one attached hydrogen (secondary N) is 1. The maximum Gasteiger partial charge on any atom is 0.248 e. The highest BCUT2D eigenvalue weighted by atomic mass is 32.2. The third-order valence-corrected chi connectivity index (χ3v) is 7.60. The summed E-state index contributed by atoms with van der Waals surface area (Å²) in [5.41, 5.74) is 2.35. The van der Waals surface area contributed by atoms with Crippen molar-refractivity contribution in [3.8, 4) is 0 Å².